The standard InChI is InChI=1S/C21H28N2/c1-22-15-17-23(18-16-22)14-8-13-21(19-9-4-2-5-10-19)20-11-6-3-7-12-20/h2-7,9-12,21H,8,13-18H2,1H3. The van der Waals surface area contributed by atoms with Crippen LogP contribution in [0.3, 0.4) is 0 Å². The summed E-state index contributed by atoms with van der Waals surface area (Å²) in [5.74, 6) is 0.518. The highest BCUT2D eigenvalue weighted by molar-refractivity contribution is 5.32. The van der Waals surface area contributed by atoms with Crippen LogP contribution in [0.1, 0.15) is 29.9 Å². The van der Waals surface area contributed by atoms with Crippen molar-refractivity contribution in [2.24, 2.45) is 0 Å². The Morgan fingerprint density at radius 1 is 0.783 bits per heavy atom. The fourth-order valence-electron chi connectivity index (χ4n) is 3.49. The van der Waals surface area contributed by atoms with E-state index in [1.165, 1.54) is 56.7 Å². The highest BCUT2D eigenvalue weighted by Gasteiger charge is 2.16. The van der Waals surface area contributed by atoms with Crippen molar-refractivity contribution in [3.63, 3.8) is 0 Å². The molecule has 0 aliphatic carbocycles. The van der Waals surface area contributed by atoms with Crippen LogP contribution in [0.4, 0.5) is 0 Å². The van der Waals surface area contributed by atoms with Gasteiger partial charge in [0.1, 0.15) is 0 Å². The van der Waals surface area contributed by atoms with E-state index in [4.69, 9.17) is 0 Å². The van der Waals surface area contributed by atoms with E-state index in [9.17, 15) is 0 Å². The van der Waals surface area contributed by atoms with Crippen LogP contribution >= 0.6 is 0 Å². The molecule has 2 nitrogen and oxygen atoms in total. The average molecular weight is 308 g/mol. The molecule has 1 heterocycles. The van der Waals surface area contributed by atoms with Gasteiger partial charge in [0.05, 0.1) is 0 Å². The minimum absolute atomic E-state index is 0.518. The molecule has 1 fully saturated rings. The third kappa shape index (κ3) is 4.66. The van der Waals surface area contributed by atoms with E-state index in [0.29, 0.717) is 5.92 Å². The Morgan fingerprint density at radius 2 is 1.30 bits per heavy atom. The quantitative estimate of drug-likeness (QED) is 0.800. The highest BCUT2D eigenvalue weighted by Crippen LogP contribution is 2.29. The van der Waals surface area contributed by atoms with Gasteiger partial charge in [-0.1, -0.05) is 60.7 Å². The largest absolute Gasteiger partial charge is 0.304 e. The topological polar surface area (TPSA) is 6.48 Å². The Hall–Kier alpha value is -1.64. The molecular weight excluding hydrogens is 280 g/mol. The van der Waals surface area contributed by atoms with E-state index in [-0.39, 0.29) is 0 Å². The Labute approximate surface area is 140 Å². The molecule has 0 spiro atoms. The normalized spacial score (nSPS) is 16.8. The molecule has 1 aliphatic heterocycles. The summed E-state index contributed by atoms with van der Waals surface area (Å²) < 4.78 is 0. The molecule has 0 radical (unpaired) electrons. The molecule has 1 aliphatic rings. The molecule has 0 amide bonds. The molecule has 0 N–H and O–H groups in total. The first-order chi connectivity index (χ1) is 11.3. The number of benzene rings is 2. The van der Waals surface area contributed by atoms with E-state index in [1.54, 1.807) is 0 Å². The van der Waals surface area contributed by atoms with Crippen molar-refractivity contribution in [2.75, 3.05) is 39.8 Å². The number of rotatable bonds is 6. The van der Waals surface area contributed by atoms with Gasteiger partial charge in [0.15, 0.2) is 0 Å². The molecule has 2 aromatic rings. The second kappa shape index (κ2) is 8.28. The third-order valence-corrected chi connectivity index (χ3v) is 4.97. The molecule has 0 aromatic heterocycles. The van der Waals surface area contributed by atoms with Gasteiger partial charge in [-0.25, -0.2) is 0 Å². The lowest BCUT2D eigenvalue weighted by Gasteiger charge is -2.32. The van der Waals surface area contributed by atoms with Crippen LogP contribution in [-0.2, 0) is 0 Å². The average Bonchev–Trinajstić information content (AvgIpc) is 2.62. The maximum absolute atomic E-state index is 2.62. The lowest BCUT2D eigenvalue weighted by molar-refractivity contribution is 0.152. The van der Waals surface area contributed by atoms with E-state index < -0.39 is 0 Å². The zero-order chi connectivity index (χ0) is 15.9. The Morgan fingerprint density at radius 3 is 1.83 bits per heavy atom. The Kier molecular flexibility index (Phi) is 5.84. The van der Waals surface area contributed by atoms with Crippen molar-refractivity contribution in [1.82, 2.24) is 9.80 Å². The van der Waals surface area contributed by atoms with Gasteiger partial charge in [-0.15, -0.1) is 0 Å². The summed E-state index contributed by atoms with van der Waals surface area (Å²) in [5, 5.41) is 0. The smallest absolute Gasteiger partial charge is 0.0110 e. The van der Waals surface area contributed by atoms with Gasteiger partial charge in [0.25, 0.3) is 0 Å². The summed E-state index contributed by atoms with van der Waals surface area (Å²) >= 11 is 0. The SMILES string of the molecule is CN1CCN(CCCC(c2ccccc2)c2ccccc2)CC1. The molecular formula is C21H28N2. The summed E-state index contributed by atoms with van der Waals surface area (Å²) in [4.78, 5) is 5.04. The van der Waals surface area contributed by atoms with E-state index in [2.05, 4.69) is 77.5 Å². The van der Waals surface area contributed by atoms with Gasteiger partial charge in [-0.2, -0.15) is 0 Å². The fraction of sp³-hybridized carbons (Fsp3) is 0.429. The number of likely N-dealkylation sites (N-methyl/N-ethyl adjacent to an activating group) is 1. The molecule has 0 bridgehead atoms. The first-order valence-electron chi connectivity index (χ1n) is 8.84. The van der Waals surface area contributed by atoms with Gasteiger partial charge in [0.2, 0.25) is 0 Å². The van der Waals surface area contributed by atoms with Crippen LogP contribution in [0.2, 0.25) is 0 Å². The predicted octanol–water partition coefficient (Wildman–Crippen LogP) is 3.85. The van der Waals surface area contributed by atoms with Crippen molar-refractivity contribution >= 4 is 0 Å². The van der Waals surface area contributed by atoms with Crippen LogP contribution in [-0.4, -0.2) is 49.6 Å². The zero-order valence-corrected chi connectivity index (χ0v) is 14.2. The van der Waals surface area contributed by atoms with Crippen molar-refractivity contribution in [3.05, 3.63) is 71.8 Å². The summed E-state index contributed by atoms with van der Waals surface area (Å²) in [7, 11) is 2.22. The van der Waals surface area contributed by atoms with Crippen molar-refractivity contribution < 1.29 is 0 Å². The van der Waals surface area contributed by atoms with Crippen molar-refractivity contribution in [3.8, 4) is 0 Å². The first kappa shape index (κ1) is 16.2. The van der Waals surface area contributed by atoms with Gasteiger partial charge in [0, 0.05) is 32.1 Å². The third-order valence-electron chi connectivity index (χ3n) is 4.97. The monoisotopic (exact) mass is 308 g/mol. The minimum atomic E-state index is 0.518. The number of hydrogen-bond acceptors (Lipinski definition) is 2. The van der Waals surface area contributed by atoms with E-state index in [0.717, 1.165) is 0 Å². The molecule has 2 heteroatoms. The van der Waals surface area contributed by atoms with Gasteiger partial charge in [-0.05, 0) is 37.6 Å². The number of nitrogens with zero attached hydrogens (tertiary/aromatic N) is 2. The molecule has 1 saturated heterocycles. The molecule has 122 valence electrons. The molecule has 2 aromatic carbocycles. The predicted molar refractivity (Wildman–Crippen MR) is 97.9 cm³/mol. The maximum atomic E-state index is 2.62. The second-order valence-electron chi connectivity index (χ2n) is 6.66. The van der Waals surface area contributed by atoms with E-state index in [1.807, 2.05) is 0 Å². The molecule has 0 atom stereocenters. The van der Waals surface area contributed by atoms with Crippen molar-refractivity contribution in [1.29, 1.82) is 0 Å². The molecule has 0 unspecified atom stereocenters. The first-order valence-corrected chi connectivity index (χ1v) is 8.84. The summed E-state index contributed by atoms with van der Waals surface area (Å²) in [5.41, 5.74) is 2.88. The van der Waals surface area contributed by atoms with Crippen LogP contribution < -0.4 is 0 Å². The molecule has 23 heavy (non-hydrogen) atoms. The van der Waals surface area contributed by atoms with E-state index >= 15 is 0 Å². The Bertz CT molecular complexity index is 519. The maximum Gasteiger partial charge on any atom is 0.0110 e. The van der Waals surface area contributed by atoms with Crippen LogP contribution in [0.5, 0.6) is 0 Å². The van der Waals surface area contributed by atoms with Gasteiger partial charge in [-0.3, -0.25) is 0 Å². The summed E-state index contributed by atoms with van der Waals surface area (Å²) in [6.45, 7) is 6.08. The Balaban J connectivity index is 1.61. The number of piperazine rings is 1. The van der Waals surface area contributed by atoms with Crippen LogP contribution in [0, 0.1) is 0 Å². The fourth-order valence-corrected chi connectivity index (χ4v) is 3.49. The second-order valence-corrected chi connectivity index (χ2v) is 6.66. The lowest BCUT2D eigenvalue weighted by Crippen LogP contribution is -2.44. The minimum Gasteiger partial charge on any atom is -0.304 e. The van der Waals surface area contributed by atoms with Crippen molar-refractivity contribution in [2.45, 2.75) is 18.8 Å². The molecule has 3 rings (SSSR count). The van der Waals surface area contributed by atoms with Crippen LogP contribution in [0.15, 0.2) is 60.7 Å². The summed E-state index contributed by atoms with van der Waals surface area (Å²) in [6.07, 6.45) is 2.48. The van der Waals surface area contributed by atoms with Gasteiger partial charge < -0.3 is 9.80 Å². The lowest BCUT2D eigenvalue weighted by atomic mass is 9.87. The van der Waals surface area contributed by atoms with Crippen LogP contribution in [0.25, 0.3) is 0 Å². The summed E-state index contributed by atoms with van der Waals surface area (Å²) in [6, 6.07) is 21.9. The van der Waals surface area contributed by atoms with Gasteiger partial charge >= 0.3 is 0 Å². The molecule has 0 saturated carbocycles. The zero-order valence-electron chi connectivity index (χ0n) is 14.2. The number of hydrogen-bond donors (Lipinski definition) is 0. The highest BCUT2D eigenvalue weighted by atomic mass is 15.2.